The van der Waals surface area contributed by atoms with E-state index in [2.05, 4.69) is 15.6 Å². The molecule has 1 unspecified atom stereocenters. The van der Waals surface area contributed by atoms with Crippen molar-refractivity contribution in [3.05, 3.63) is 29.8 Å². The fourth-order valence-electron chi connectivity index (χ4n) is 3.08. The first-order valence-electron chi connectivity index (χ1n) is 8.22. The molecule has 1 aromatic rings. The first kappa shape index (κ1) is 16.2. The van der Waals surface area contributed by atoms with Crippen LogP contribution in [0.5, 0.6) is 0 Å². The number of hydrogen-bond acceptors (Lipinski definition) is 3. The Bertz CT molecular complexity index is 584. The van der Waals surface area contributed by atoms with Crippen LogP contribution in [0.3, 0.4) is 0 Å². The fraction of sp³-hybridized carbons (Fsp3) is 0.529. The van der Waals surface area contributed by atoms with Crippen molar-refractivity contribution in [2.24, 2.45) is 4.99 Å². The Hall–Kier alpha value is -1.69. The van der Waals surface area contributed by atoms with Crippen molar-refractivity contribution in [2.45, 2.75) is 24.5 Å². The van der Waals surface area contributed by atoms with Crippen LogP contribution in [0.1, 0.15) is 18.4 Å². The second-order valence-electron chi connectivity index (χ2n) is 5.87. The maximum Gasteiger partial charge on any atom is 0.231 e. The molecule has 6 heteroatoms. The van der Waals surface area contributed by atoms with E-state index in [1.165, 1.54) is 18.6 Å². The van der Waals surface area contributed by atoms with Gasteiger partial charge in [0.1, 0.15) is 0 Å². The number of benzene rings is 1. The standard InChI is InChI=1S/C17H24N4OS/c1-18-17(20-12-14-6-4-10-23-14)19-8-9-21-15-7-3-2-5-13(15)11-16(21)22/h2-3,5,7,14H,4,6,8-12H2,1H3,(H2,18,19,20). The third-order valence-electron chi connectivity index (χ3n) is 4.30. The molecule has 0 bridgehead atoms. The van der Waals surface area contributed by atoms with Crippen molar-refractivity contribution in [3.63, 3.8) is 0 Å². The molecule has 0 aliphatic carbocycles. The molecular formula is C17H24N4OS. The number of nitrogens with one attached hydrogen (secondary N) is 2. The van der Waals surface area contributed by atoms with Gasteiger partial charge >= 0.3 is 0 Å². The summed E-state index contributed by atoms with van der Waals surface area (Å²) >= 11 is 2.03. The van der Waals surface area contributed by atoms with Crippen molar-refractivity contribution < 1.29 is 4.79 Å². The third kappa shape index (κ3) is 3.99. The van der Waals surface area contributed by atoms with Gasteiger partial charge in [0.25, 0.3) is 0 Å². The summed E-state index contributed by atoms with van der Waals surface area (Å²) in [6, 6.07) is 8.02. The zero-order valence-electron chi connectivity index (χ0n) is 13.5. The first-order chi connectivity index (χ1) is 11.3. The maximum absolute atomic E-state index is 12.1. The second kappa shape index (κ2) is 7.73. The number of amides is 1. The predicted molar refractivity (Wildman–Crippen MR) is 97.3 cm³/mol. The van der Waals surface area contributed by atoms with Crippen molar-refractivity contribution >= 4 is 29.3 Å². The lowest BCUT2D eigenvalue weighted by Crippen LogP contribution is -2.43. The average molecular weight is 332 g/mol. The van der Waals surface area contributed by atoms with Crippen LogP contribution in [-0.4, -0.2) is 49.6 Å². The number of fused-ring (bicyclic) bond motifs is 1. The van der Waals surface area contributed by atoms with Gasteiger partial charge in [0.05, 0.1) is 6.42 Å². The van der Waals surface area contributed by atoms with Crippen LogP contribution in [0.4, 0.5) is 5.69 Å². The Labute approximate surface area is 141 Å². The molecule has 23 heavy (non-hydrogen) atoms. The topological polar surface area (TPSA) is 56.7 Å². The van der Waals surface area contributed by atoms with Gasteiger partial charge in [-0.25, -0.2) is 0 Å². The Kier molecular flexibility index (Phi) is 5.43. The van der Waals surface area contributed by atoms with Crippen molar-refractivity contribution in [1.82, 2.24) is 10.6 Å². The van der Waals surface area contributed by atoms with E-state index in [9.17, 15) is 4.79 Å². The van der Waals surface area contributed by atoms with E-state index in [4.69, 9.17) is 0 Å². The highest BCUT2D eigenvalue weighted by Gasteiger charge is 2.26. The minimum absolute atomic E-state index is 0.179. The molecule has 2 N–H and O–H groups in total. The van der Waals surface area contributed by atoms with Crippen LogP contribution >= 0.6 is 11.8 Å². The van der Waals surface area contributed by atoms with E-state index in [0.29, 0.717) is 24.8 Å². The van der Waals surface area contributed by atoms with E-state index in [1.807, 2.05) is 40.9 Å². The van der Waals surface area contributed by atoms with E-state index in [0.717, 1.165) is 23.8 Å². The normalized spacial score (nSPS) is 20.7. The minimum atomic E-state index is 0.179. The SMILES string of the molecule is CN=C(NCCN1C(=O)Cc2ccccc21)NCC1CCCS1. The highest BCUT2D eigenvalue weighted by molar-refractivity contribution is 8.00. The summed E-state index contributed by atoms with van der Waals surface area (Å²) in [5.41, 5.74) is 2.17. The quantitative estimate of drug-likeness (QED) is 0.636. The number of nitrogens with zero attached hydrogens (tertiary/aromatic N) is 2. The number of guanidine groups is 1. The van der Waals surface area contributed by atoms with Gasteiger partial charge in [0.2, 0.25) is 5.91 Å². The second-order valence-corrected chi connectivity index (χ2v) is 7.27. The van der Waals surface area contributed by atoms with Crippen LogP contribution in [0.25, 0.3) is 0 Å². The molecule has 0 spiro atoms. The van der Waals surface area contributed by atoms with Crippen molar-refractivity contribution in [1.29, 1.82) is 0 Å². The Balaban J connectivity index is 1.45. The summed E-state index contributed by atoms with van der Waals surface area (Å²) in [7, 11) is 1.79. The minimum Gasteiger partial charge on any atom is -0.355 e. The molecule has 1 aromatic carbocycles. The number of hydrogen-bond donors (Lipinski definition) is 2. The lowest BCUT2D eigenvalue weighted by molar-refractivity contribution is -0.117. The Morgan fingerprint density at radius 1 is 1.39 bits per heavy atom. The van der Waals surface area contributed by atoms with Crippen LogP contribution in [0.2, 0.25) is 0 Å². The van der Waals surface area contributed by atoms with Gasteiger partial charge in [-0.2, -0.15) is 11.8 Å². The maximum atomic E-state index is 12.1. The number of carbonyl (C=O) groups is 1. The highest BCUT2D eigenvalue weighted by atomic mass is 32.2. The van der Waals surface area contributed by atoms with E-state index >= 15 is 0 Å². The largest absolute Gasteiger partial charge is 0.355 e. The Morgan fingerprint density at radius 3 is 3.04 bits per heavy atom. The number of carbonyl (C=O) groups excluding carboxylic acids is 1. The zero-order chi connectivity index (χ0) is 16.1. The molecular weight excluding hydrogens is 308 g/mol. The van der Waals surface area contributed by atoms with Gasteiger partial charge in [0.15, 0.2) is 5.96 Å². The van der Waals surface area contributed by atoms with E-state index in [1.54, 1.807) is 7.05 Å². The summed E-state index contributed by atoms with van der Waals surface area (Å²) in [5.74, 6) is 2.27. The highest BCUT2D eigenvalue weighted by Crippen LogP contribution is 2.27. The van der Waals surface area contributed by atoms with Gasteiger partial charge < -0.3 is 15.5 Å². The molecule has 0 aromatic heterocycles. The molecule has 2 aliphatic rings. The van der Waals surface area contributed by atoms with Crippen LogP contribution in [0, 0.1) is 0 Å². The van der Waals surface area contributed by atoms with Crippen molar-refractivity contribution in [2.75, 3.05) is 37.3 Å². The fourth-order valence-corrected chi connectivity index (χ4v) is 4.29. The summed E-state index contributed by atoms with van der Waals surface area (Å²) in [4.78, 5) is 18.2. The lowest BCUT2D eigenvalue weighted by Gasteiger charge is -2.19. The smallest absolute Gasteiger partial charge is 0.231 e. The average Bonchev–Trinajstić information content (AvgIpc) is 3.18. The third-order valence-corrected chi connectivity index (χ3v) is 5.70. The number of para-hydroxylation sites is 1. The predicted octanol–water partition coefficient (Wildman–Crippen LogP) is 1.64. The number of aliphatic imine (C=N–C) groups is 1. The molecule has 1 fully saturated rings. The lowest BCUT2D eigenvalue weighted by atomic mass is 10.2. The molecule has 1 saturated heterocycles. The number of thioether (sulfide) groups is 1. The van der Waals surface area contributed by atoms with Gasteiger partial charge in [-0.3, -0.25) is 9.79 Å². The summed E-state index contributed by atoms with van der Waals surface area (Å²) in [5, 5.41) is 7.38. The summed E-state index contributed by atoms with van der Waals surface area (Å²) < 4.78 is 0. The van der Waals surface area contributed by atoms with E-state index < -0.39 is 0 Å². The molecule has 2 aliphatic heterocycles. The van der Waals surface area contributed by atoms with Crippen molar-refractivity contribution in [3.8, 4) is 0 Å². The van der Waals surface area contributed by atoms with Gasteiger partial charge in [-0.05, 0) is 30.2 Å². The molecule has 1 atom stereocenters. The molecule has 2 heterocycles. The molecule has 0 saturated carbocycles. The molecule has 124 valence electrons. The van der Waals surface area contributed by atoms with Crippen LogP contribution in [0.15, 0.2) is 29.3 Å². The molecule has 3 rings (SSSR count). The summed E-state index contributed by atoms with van der Waals surface area (Å²) in [6.45, 7) is 2.31. The van der Waals surface area contributed by atoms with Gasteiger partial charge in [0, 0.05) is 37.6 Å². The van der Waals surface area contributed by atoms with E-state index in [-0.39, 0.29) is 5.91 Å². The van der Waals surface area contributed by atoms with Gasteiger partial charge in [-0.1, -0.05) is 18.2 Å². The monoisotopic (exact) mass is 332 g/mol. The number of rotatable bonds is 5. The van der Waals surface area contributed by atoms with Crippen LogP contribution < -0.4 is 15.5 Å². The molecule has 5 nitrogen and oxygen atoms in total. The van der Waals surface area contributed by atoms with Crippen LogP contribution in [-0.2, 0) is 11.2 Å². The summed E-state index contributed by atoms with van der Waals surface area (Å²) in [6.07, 6.45) is 3.12. The molecule has 0 radical (unpaired) electrons. The Morgan fingerprint density at radius 2 is 2.26 bits per heavy atom. The number of anilines is 1. The molecule has 1 amide bonds. The zero-order valence-corrected chi connectivity index (χ0v) is 14.4. The van der Waals surface area contributed by atoms with Gasteiger partial charge in [-0.15, -0.1) is 0 Å². The first-order valence-corrected chi connectivity index (χ1v) is 9.27.